The molecule has 170 valence electrons. The first-order valence-corrected chi connectivity index (χ1v) is 11.0. The summed E-state index contributed by atoms with van der Waals surface area (Å²) in [5.41, 5.74) is 0.213. The Hall–Kier alpha value is -2.69. The predicted molar refractivity (Wildman–Crippen MR) is 117 cm³/mol. The molecule has 0 radical (unpaired) electrons. The summed E-state index contributed by atoms with van der Waals surface area (Å²) in [6.07, 6.45) is -5.23. The van der Waals surface area contributed by atoms with Crippen LogP contribution in [-0.4, -0.2) is 64.8 Å². The number of benzene rings is 2. The quantitative estimate of drug-likeness (QED) is 0.574. The summed E-state index contributed by atoms with van der Waals surface area (Å²) < 4.78 is 48.2. The highest BCUT2D eigenvalue weighted by atomic mass is 32.1. The van der Waals surface area contributed by atoms with Crippen LogP contribution in [-0.2, 0) is 6.18 Å². The first-order chi connectivity index (χ1) is 15.4. The molecule has 10 heteroatoms. The molecule has 1 N–H and O–H groups in total. The number of alkyl halides is 3. The number of aliphatic hydroxyl groups excluding tert-OH is 1. The first kappa shape index (κ1) is 22.5. The number of rotatable bonds is 7. The van der Waals surface area contributed by atoms with E-state index in [1.54, 1.807) is 0 Å². The minimum absolute atomic E-state index is 0.0711. The van der Waals surface area contributed by atoms with E-state index in [0.29, 0.717) is 6.54 Å². The van der Waals surface area contributed by atoms with Crippen molar-refractivity contribution < 1.29 is 23.0 Å². The summed E-state index contributed by atoms with van der Waals surface area (Å²) in [7, 11) is 0. The Balaban J connectivity index is 1.23. The number of hydrogen-bond donors (Lipinski definition) is 1. The fraction of sp³-hybridized carbons (Fsp3) is 0.364. The molecule has 1 aliphatic heterocycles. The third kappa shape index (κ3) is 5.76. The van der Waals surface area contributed by atoms with Crippen LogP contribution in [0.25, 0.3) is 11.4 Å². The summed E-state index contributed by atoms with van der Waals surface area (Å²) in [5.74, 6) is 0.810. The smallest absolute Gasteiger partial charge is 0.416 e. The fourth-order valence-corrected chi connectivity index (χ4v) is 4.22. The molecule has 0 aliphatic carbocycles. The van der Waals surface area contributed by atoms with Crippen molar-refractivity contribution in [3.05, 3.63) is 60.2 Å². The topological polar surface area (TPSA) is 61.7 Å². The van der Waals surface area contributed by atoms with Crippen molar-refractivity contribution in [1.82, 2.24) is 14.3 Å². The maximum absolute atomic E-state index is 12.8. The second-order valence-electron chi connectivity index (χ2n) is 7.54. The van der Waals surface area contributed by atoms with Gasteiger partial charge < -0.3 is 14.7 Å². The van der Waals surface area contributed by atoms with Crippen molar-refractivity contribution >= 4 is 16.7 Å². The van der Waals surface area contributed by atoms with E-state index in [-0.39, 0.29) is 12.4 Å². The second kappa shape index (κ2) is 9.85. The van der Waals surface area contributed by atoms with Gasteiger partial charge in [0.15, 0.2) is 5.82 Å². The predicted octanol–water partition coefficient (Wildman–Crippen LogP) is 3.79. The van der Waals surface area contributed by atoms with Gasteiger partial charge in [-0.05, 0) is 18.2 Å². The molecule has 32 heavy (non-hydrogen) atoms. The number of aromatic nitrogens is 2. The van der Waals surface area contributed by atoms with Crippen LogP contribution in [0.5, 0.6) is 5.75 Å². The normalized spacial score (nSPS) is 16.2. The molecular weight excluding hydrogens is 441 g/mol. The molecule has 3 aromatic rings. The SMILES string of the molecule is O[C@@H](COc1cccc(C(F)(F)F)c1)CN1CCN(c2nc(-c3ccccc3)ns2)CC1. The van der Waals surface area contributed by atoms with Gasteiger partial charge >= 0.3 is 6.18 Å². The van der Waals surface area contributed by atoms with Crippen molar-refractivity contribution in [3.63, 3.8) is 0 Å². The molecule has 6 nitrogen and oxygen atoms in total. The van der Waals surface area contributed by atoms with Gasteiger partial charge in [0.2, 0.25) is 5.13 Å². The molecule has 2 heterocycles. The molecule has 2 aromatic carbocycles. The van der Waals surface area contributed by atoms with Gasteiger partial charge in [-0.25, -0.2) is 0 Å². The Morgan fingerprint density at radius 2 is 1.78 bits per heavy atom. The van der Waals surface area contributed by atoms with Crippen LogP contribution in [0, 0.1) is 0 Å². The number of halogens is 3. The zero-order chi connectivity index (χ0) is 22.6. The Bertz CT molecular complexity index is 1010. The van der Waals surface area contributed by atoms with E-state index in [4.69, 9.17) is 4.74 Å². The Kier molecular flexibility index (Phi) is 6.92. The van der Waals surface area contributed by atoms with Gasteiger partial charge in [0.25, 0.3) is 0 Å². The van der Waals surface area contributed by atoms with Crippen LogP contribution < -0.4 is 9.64 Å². The second-order valence-corrected chi connectivity index (χ2v) is 8.27. The van der Waals surface area contributed by atoms with Gasteiger partial charge in [0.1, 0.15) is 18.5 Å². The van der Waals surface area contributed by atoms with E-state index in [9.17, 15) is 18.3 Å². The van der Waals surface area contributed by atoms with Crippen LogP contribution in [0.2, 0.25) is 0 Å². The molecule has 4 rings (SSSR count). The maximum atomic E-state index is 12.8. The number of hydrogen-bond acceptors (Lipinski definition) is 7. The van der Waals surface area contributed by atoms with Gasteiger partial charge in [0, 0.05) is 49.8 Å². The summed E-state index contributed by atoms with van der Waals surface area (Å²) in [4.78, 5) is 8.92. The minimum Gasteiger partial charge on any atom is -0.491 e. The van der Waals surface area contributed by atoms with E-state index >= 15 is 0 Å². The molecule has 0 unspecified atom stereocenters. The molecule has 0 bridgehead atoms. The Labute approximate surface area is 188 Å². The summed E-state index contributed by atoms with van der Waals surface area (Å²) >= 11 is 1.37. The lowest BCUT2D eigenvalue weighted by Crippen LogP contribution is -2.49. The number of ether oxygens (including phenoxy) is 1. The van der Waals surface area contributed by atoms with Gasteiger partial charge in [-0.2, -0.15) is 22.5 Å². The van der Waals surface area contributed by atoms with Crippen LogP contribution in [0.15, 0.2) is 54.6 Å². The van der Waals surface area contributed by atoms with E-state index in [0.717, 1.165) is 54.8 Å². The van der Waals surface area contributed by atoms with Gasteiger partial charge in [-0.1, -0.05) is 36.4 Å². The third-order valence-corrected chi connectivity index (χ3v) is 5.94. The molecule has 1 atom stereocenters. The zero-order valence-electron chi connectivity index (χ0n) is 17.2. The lowest BCUT2D eigenvalue weighted by molar-refractivity contribution is -0.137. The Morgan fingerprint density at radius 3 is 2.50 bits per heavy atom. The lowest BCUT2D eigenvalue weighted by atomic mass is 10.2. The van der Waals surface area contributed by atoms with E-state index in [1.165, 1.54) is 23.7 Å². The zero-order valence-corrected chi connectivity index (χ0v) is 18.0. The number of aliphatic hydroxyl groups is 1. The highest BCUT2D eigenvalue weighted by molar-refractivity contribution is 7.09. The van der Waals surface area contributed by atoms with Crippen molar-refractivity contribution in [2.75, 3.05) is 44.2 Å². The minimum atomic E-state index is -4.42. The number of anilines is 1. The van der Waals surface area contributed by atoms with E-state index in [2.05, 4.69) is 19.2 Å². The summed E-state index contributed by atoms with van der Waals surface area (Å²) in [6, 6.07) is 14.5. The van der Waals surface area contributed by atoms with Gasteiger partial charge in [0.05, 0.1) is 5.56 Å². The van der Waals surface area contributed by atoms with Crippen molar-refractivity contribution in [2.24, 2.45) is 0 Å². The fourth-order valence-electron chi connectivity index (χ4n) is 3.48. The molecule has 0 amide bonds. The highest BCUT2D eigenvalue weighted by Gasteiger charge is 2.30. The number of piperazine rings is 1. The van der Waals surface area contributed by atoms with E-state index in [1.807, 2.05) is 30.3 Å². The largest absolute Gasteiger partial charge is 0.491 e. The Morgan fingerprint density at radius 1 is 1.03 bits per heavy atom. The van der Waals surface area contributed by atoms with Crippen LogP contribution in [0.4, 0.5) is 18.3 Å². The molecule has 0 spiro atoms. The molecular formula is C22H23F3N4O2S. The van der Waals surface area contributed by atoms with Crippen LogP contribution in [0.1, 0.15) is 5.56 Å². The third-order valence-electron chi connectivity index (χ3n) is 5.16. The number of β-amino-alcohol motifs (C(OH)–C–C–N with tert-alkyl or cyclic N) is 1. The maximum Gasteiger partial charge on any atom is 0.416 e. The molecule has 1 saturated heterocycles. The first-order valence-electron chi connectivity index (χ1n) is 10.2. The monoisotopic (exact) mass is 464 g/mol. The van der Waals surface area contributed by atoms with Crippen molar-refractivity contribution in [1.29, 1.82) is 0 Å². The van der Waals surface area contributed by atoms with Crippen molar-refractivity contribution in [2.45, 2.75) is 12.3 Å². The highest BCUT2D eigenvalue weighted by Crippen LogP contribution is 2.31. The molecule has 0 saturated carbocycles. The van der Waals surface area contributed by atoms with E-state index < -0.39 is 17.8 Å². The van der Waals surface area contributed by atoms with Crippen molar-refractivity contribution in [3.8, 4) is 17.1 Å². The standard InChI is InChI=1S/C22H23F3N4O2S/c23-22(24,25)17-7-4-8-19(13-17)31-15-18(30)14-28-9-11-29(12-10-28)21-26-20(27-32-21)16-5-2-1-3-6-16/h1-8,13,18,30H,9-12,14-15H2/t18-/m1/s1. The van der Waals surface area contributed by atoms with Gasteiger partial charge in [-0.15, -0.1) is 0 Å². The summed E-state index contributed by atoms with van der Waals surface area (Å²) in [6.45, 7) is 3.30. The molecule has 1 aromatic heterocycles. The number of nitrogens with zero attached hydrogens (tertiary/aromatic N) is 4. The summed E-state index contributed by atoms with van der Waals surface area (Å²) in [5, 5.41) is 11.2. The average molecular weight is 465 g/mol. The lowest BCUT2D eigenvalue weighted by Gasteiger charge is -2.35. The molecule has 1 fully saturated rings. The molecule has 1 aliphatic rings. The van der Waals surface area contributed by atoms with Gasteiger partial charge in [-0.3, -0.25) is 4.90 Å². The van der Waals surface area contributed by atoms with Crippen LogP contribution in [0.3, 0.4) is 0 Å². The average Bonchev–Trinajstić information content (AvgIpc) is 3.29. The van der Waals surface area contributed by atoms with Crippen LogP contribution >= 0.6 is 11.5 Å².